The number of nitrogens with one attached hydrogen (secondary N) is 1. The molecule has 5 nitrogen and oxygen atoms in total. The van der Waals surface area contributed by atoms with E-state index in [4.69, 9.17) is 9.72 Å². The minimum atomic E-state index is 0.806. The molecule has 0 radical (unpaired) electrons. The van der Waals surface area contributed by atoms with Gasteiger partial charge in [0.1, 0.15) is 0 Å². The smallest absolute Gasteiger partial charge is 0.205 e. The lowest BCUT2D eigenvalue weighted by Gasteiger charge is -2.28. The fraction of sp³-hybridized carbons (Fsp3) is 0.769. The summed E-state index contributed by atoms with van der Waals surface area (Å²) in [6.45, 7) is 8.14. The Kier molecular flexibility index (Phi) is 5.01. The van der Waals surface area contributed by atoms with Crippen molar-refractivity contribution >= 4 is 5.95 Å². The maximum atomic E-state index is 5.12. The van der Waals surface area contributed by atoms with Gasteiger partial charge < -0.3 is 19.5 Å². The molecule has 0 bridgehead atoms. The summed E-state index contributed by atoms with van der Waals surface area (Å²) in [5.74, 6) is 1.13. The Morgan fingerprint density at radius 2 is 2.17 bits per heavy atom. The number of aromatic nitrogens is 2. The Morgan fingerprint density at radius 1 is 1.39 bits per heavy atom. The van der Waals surface area contributed by atoms with Gasteiger partial charge in [-0.25, -0.2) is 4.98 Å². The molecule has 1 fully saturated rings. The third-order valence-electron chi connectivity index (χ3n) is 3.31. The molecule has 102 valence electrons. The molecule has 0 aliphatic carbocycles. The normalized spacial score (nSPS) is 16.2. The summed E-state index contributed by atoms with van der Waals surface area (Å²) in [5, 5.41) is 3.38. The third-order valence-corrected chi connectivity index (χ3v) is 3.31. The highest BCUT2D eigenvalue weighted by Gasteiger charge is 2.16. The van der Waals surface area contributed by atoms with Crippen LogP contribution in [0.1, 0.15) is 19.0 Å². The molecular formula is C13H24N4O. The van der Waals surface area contributed by atoms with Crippen molar-refractivity contribution in [1.29, 1.82) is 0 Å². The molecule has 0 saturated carbocycles. The van der Waals surface area contributed by atoms with Crippen molar-refractivity contribution in [2.45, 2.75) is 26.3 Å². The molecule has 0 unspecified atom stereocenters. The molecule has 1 aliphatic rings. The lowest BCUT2D eigenvalue weighted by Crippen LogP contribution is -2.44. The van der Waals surface area contributed by atoms with Crippen LogP contribution in [0.15, 0.2) is 6.20 Å². The summed E-state index contributed by atoms with van der Waals surface area (Å²) in [5.41, 5.74) is 1.18. The van der Waals surface area contributed by atoms with E-state index in [-0.39, 0.29) is 0 Å². The first kappa shape index (κ1) is 13.4. The van der Waals surface area contributed by atoms with E-state index in [0.717, 1.165) is 58.1 Å². The van der Waals surface area contributed by atoms with Crippen LogP contribution in [0, 0.1) is 0 Å². The zero-order valence-corrected chi connectivity index (χ0v) is 11.5. The molecule has 0 aromatic carbocycles. The van der Waals surface area contributed by atoms with Crippen LogP contribution < -0.4 is 10.2 Å². The van der Waals surface area contributed by atoms with Crippen molar-refractivity contribution in [3.8, 4) is 0 Å². The number of piperazine rings is 1. The van der Waals surface area contributed by atoms with Crippen LogP contribution >= 0.6 is 0 Å². The van der Waals surface area contributed by atoms with E-state index in [1.807, 2.05) is 0 Å². The monoisotopic (exact) mass is 252 g/mol. The number of ether oxygens (including phenoxy) is 1. The third kappa shape index (κ3) is 3.23. The first-order valence-corrected chi connectivity index (χ1v) is 6.85. The average molecular weight is 252 g/mol. The molecule has 0 amide bonds. The van der Waals surface area contributed by atoms with Gasteiger partial charge in [-0.2, -0.15) is 0 Å². The second-order valence-electron chi connectivity index (χ2n) is 4.66. The summed E-state index contributed by atoms with van der Waals surface area (Å²) >= 11 is 0. The SMILES string of the molecule is CCc1cn(CCCOC)c(N2CCNCC2)n1. The van der Waals surface area contributed by atoms with Gasteiger partial charge in [0.2, 0.25) is 5.95 Å². The van der Waals surface area contributed by atoms with E-state index in [1.54, 1.807) is 7.11 Å². The van der Waals surface area contributed by atoms with Crippen molar-refractivity contribution in [1.82, 2.24) is 14.9 Å². The van der Waals surface area contributed by atoms with Crippen LogP contribution in [0.5, 0.6) is 0 Å². The van der Waals surface area contributed by atoms with Crippen molar-refractivity contribution in [3.63, 3.8) is 0 Å². The van der Waals surface area contributed by atoms with E-state index in [2.05, 4.69) is 27.9 Å². The number of nitrogens with zero attached hydrogens (tertiary/aromatic N) is 3. The number of rotatable bonds is 6. The summed E-state index contributed by atoms with van der Waals surface area (Å²) in [4.78, 5) is 7.13. The Hall–Kier alpha value is -1.07. The van der Waals surface area contributed by atoms with Gasteiger partial charge in [-0.15, -0.1) is 0 Å². The molecule has 0 spiro atoms. The van der Waals surface area contributed by atoms with Crippen molar-refractivity contribution in [2.24, 2.45) is 0 Å². The van der Waals surface area contributed by atoms with E-state index in [1.165, 1.54) is 5.69 Å². The summed E-state index contributed by atoms with van der Waals surface area (Å²) in [7, 11) is 1.75. The number of methoxy groups -OCH3 is 1. The molecule has 0 atom stereocenters. The summed E-state index contributed by atoms with van der Waals surface area (Å²) in [6.07, 6.45) is 4.22. The van der Waals surface area contributed by atoms with Gasteiger partial charge in [0, 0.05) is 52.6 Å². The topological polar surface area (TPSA) is 42.3 Å². The van der Waals surface area contributed by atoms with Gasteiger partial charge in [0.05, 0.1) is 5.69 Å². The Morgan fingerprint density at radius 3 is 2.83 bits per heavy atom. The zero-order valence-electron chi connectivity index (χ0n) is 11.5. The molecule has 1 saturated heterocycles. The second kappa shape index (κ2) is 6.75. The van der Waals surface area contributed by atoms with Gasteiger partial charge in [-0.1, -0.05) is 6.92 Å². The second-order valence-corrected chi connectivity index (χ2v) is 4.66. The Labute approximate surface area is 109 Å². The lowest BCUT2D eigenvalue weighted by molar-refractivity contribution is 0.190. The van der Waals surface area contributed by atoms with Gasteiger partial charge >= 0.3 is 0 Å². The number of imidazole rings is 1. The molecule has 2 heterocycles. The van der Waals surface area contributed by atoms with Gasteiger partial charge in [-0.05, 0) is 12.8 Å². The summed E-state index contributed by atoms with van der Waals surface area (Å²) in [6, 6.07) is 0. The van der Waals surface area contributed by atoms with Crippen LogP contribution in [0.2, 0.25) is 0 Å². The Bertz CT molecular complexity index is 358. The number of aryl methyl sites for hydroxylation is 2. The molecular weight excluding hydrogens is 228 g/mol. The zero-order chi connectivity index (χ0) is 12.8. The predicted molar refractivity (Wildman–Crippen MR) is 73.2 cm³/mol. The van der Waals surface area contributed by atoms with Crippen LogP contribution in [0.25, 0.3) is 0 Å². The largest absolute Gasteiger partial charge is 0.385 e. The highest BCUT2D eigenvalue weighted by molar-refractivity contribution is 5.34. The van der Waals surface area contributed by atoms with Crippen LogP contribution in [0.3, 0.4) is 0 Å². The fourth-order valence-electron chi connectivity index (χ4n) is 2.29. The molecule has 1 aromatic rings. The van der Waals surface area contributed by atoms with Gasteiger partial charge in [-0.3, -0.25) is 0 Å². The maximum absolute atomic E-state index is 5.12. The van der Waals surface area contributed by atoms with Gasteiger partial charge in [0.25, 0.3) is 0 Å². The van der Waals surface area contributed by atoms with Crippen LogP contribution in [-0.2, 0) is 17.7 Å². The number of hydrogen-bond acceptors (Lipinski definition) is 4. The minimum absolute atomic E-state index is 0.806. The first-order valence-electron chi connectivity index (χ1n) is 6.85. The van der Waals surface area contributed by atoms with Crippen molar-refractivity contribution in [3.05, 3.63) is 11.9 Å². The van der Waals surface area contributed by atoms with E-state index < -0.39 is 0 Å². The van der Waals surface area contributed by atoms with E-state index in [9.17, 15) is 0 Å². The van der Waals surface area contributed by atoms with E-state index >= 15 is 0 Å². The highest BCUT2D eigenvalue weighted by atomic mass is 16.5. The Balaban J connectivity index is 2.07. The number of anilines is 1. The molecule has 2 rings (SSSR count). The standard InChI is InChI=1S/C13H24N4O/c1-3-12-11-17(7-4-10-18-2)13(15-12)16-8-5-14-6-9-16/h11,14H,3-10H2,1-2H3. The van der Waals surface area contributed by atoms with Crippen LogP contribution in [-0.4, -0.2) is 49.4 Å². The van der Waals surface area contributed by atoms with Crippen molar-refractivity contribution in [2.75, 3.05) is 44.8 Å². The molecule has 1 N–H and O–H groups in total. The molecule has 1 aromatic heterocycles. The van der Waals surface area contributed by atoms with E-state index in [0.29, 0.717) is 0 Å². The molecule has 5 heteroatoms. The molecule has 18 heavy (non-hydrogen) atoms. The lowest BCUT2D eigenvalue weighted by atomic mass is 10.4. The van der Waals surface area contributed by atoms with Crippen LogP contribution in [0.4, 0.5) is 5.95 Å². The highest BCUT2D eigenvalue weighted by Crippen LogP contribution is 2.16. The predicted octanol–water partition coefficient (Wildman–Crippen LogP) is 0.892. The average Bonchev–Trinajstić information content (AvgIpc) is 2.83. The minimum Gasteiger partial charge on any atom is -0.385 e. The fourth-order valence-corrected chi connectivity index (χ4v) is 2.29. The maximum Gasteiger partial charge on any atom is 0.205 e. The number of hydrogen-bond donors (Lipinski definition) is 1. The first-order chi connectivity index (χ1) is 8.85. The van der Waals surface area contributed by atoms with Gasteiger partial charge in [0.15, 0.2) is 0 Å². The van der Waals surface area contributed by atoms with Crippen molar-refractivity contribution < 1.29 is 4.74 Å². The summed E-state index contributed by atoms with van der Waals surface area (Å²) < 4.78 is 7.41. The quantitative estimate of drug-likeness (QED) is 0.764. The molecule has 1 aliphatic heterocycles.